The summed E-state index contributed by atoms with van der Waals surface area (Å²) in [6, 6.07) is 17.8. The molecule has 0 radical (unpaired) electrons. The van der Waals surface area contributed by atoms with Gasteiger partial charge in [-0.25, -0.2) is 18.4 Å². The maximum absolute atomic E-state index is 13.2. The maximum atomic E-state index is 13.2. The highest BCUT2D eigenvalue weighted by Crippen LogP contribution is 2.34. The van der Waals surface area contributed by atoms with Crippen molar-refractivity contribution in [2.75, 3.05) is 23.3 Å². The monoisotopic (exact) mass is 462 g/mol. The van der Waals surface area contributed by atoms with Gasteiger partial charge in [0.05, 0.1) is 15.9 Å². The van der Waals surface area contributed by atoms with Crippen molar-refractivity contribution in [1.29, 1.82) is 0 Å². The molecule has 0 amide bonds. The van der Waals surface area contributed by atoms with Gasteiger partial charge in [-0.05, 0) is 55.3 Å². The molecule has 0 bridgehead atoms. The van der Waals surface area contributed by atoms with Gasteiger partial charge in [0.1, 0.15) is 13.2 Å². The Balaban J connectivity index is 1.56. The Morgan fingerprint density at radius 2 is 1.52 bits per heavy atom. The third-order valence-corrected chi connectivity index (χ3v) is 6.61. The van der Waals surface area contributed by atoms with Crippen LogP contribution in [0.4, 0.5) is 17.3 Å². The lowest BCUT2D eigenvalue weighted by molar-refractivity contribution is 0.171. The molecule has 0 saturated heterocycles. The van der Waals surface area contributed by atoms with E-state index in [1.807, 2.05) is 50.2 Å². The average molecular weight is 463 g/mol. The first-order chi connectivity index (χ1) is 15.9. The first-order valence-corrected chi connectivity index (χ1v) is 11.9. The van der Waals surface area contributed by atoms with Crippen LogP contribution in [0, 0.1) is 13.8 Å². The summed E-state index contributed by atoms with van der Waals surface area (Å²) in [6.45, 7) is 4.75. The van der Waals surface area contributed by atoms with E-state index in [1.54, 1.807) is 12.1 Å². The van der Waals surface area contributed by atoms with Gasteiger partial charge in [-0.1, -0.05) is 24.3 Å². The summed E-state index contributed by atoms with van der Waals surface area (Å²) >= 11 is 0. The largest absolute Gasteiger partial charge is 0.486 e. The SMILES string of the molecule is Cc1ccc(C)c(Nc2nc3ccccc3nc2NS(=O)(=O)c2ccc3c(c2)OCCO3)c1. The minimum absolute atomic E-state index is 0.0411. The summed E-state index contributed by atoms with van der Waals surface area (Å²) in [5.74, 6) is 1.32. The number of hydrogen-bond acceptors (Lipinski definition) is 7. The molecule has 0 fully saturated rings. The number of aryl methyl sites for hydroxylation is 2. The van der Waals surface area contributed by atoms with E-state index in [9.17, 15) is 8.42 Å². The van der Waals surface area contributed by atoms with Crippen molar-refractivity contribution in [3.63, 3.8) is 0 Å². The Bertz CT molecular complexity index is 1470. The highest BCUT2D eigenvalue weighted by molar-refractivity contribution is 7.92. The van der Waals surface area contributed by atoms with Crippen molar-refractivity contribution in [2.24, 2.45) is 0 Å². The lowest BCUT2D eigenvalue weighted by atomic mass is 10.1. The second-order valence-corrected chi connectivity index (χ2v) is 9.45. The molecule has 168 valence electrons. The zero-order valence-electron chi connectivity index (χ0n) is 18.1. The molecule has 0 spiro atoms. The molecule has 1 aromatic heterocycles. The van der Waals surface area contributed by atoms with Gasteiger partial charge < -0.3 is 14.8 Å². The molecule has 4 aromatic rings. The van der Waals surface area contributed by atoms with Crippen LogP contribution in [0.5, 0.6) is 11.5 Å². The molecular formula is C24H22N4O4S. The molecule has 1 aliphatic rings. The van der Waals surface area contributed by atoms with Crippen LogP contribution in [0.25, 0.3) is 11.0 Å². The summed E-state index contributed by atoms with van der Waals surface area (Å²) in [4.78, 5) is 9.24. The van der Waals surface area contributed by atoms with Gasteiger partial charge in [-0.15, -0.1) is 0 Å². The summed E-state index contributed by atoms with van der Waals surface area (Å²) in [5, 5.41) is 3.25. The number of anilines is 3. The van der Waals surface area contributed by atoms with Gasteiger partial charge >= 0.3 is 0 Å². The van der Waals surface area contributed by atoms with Crippen LogP contribution in [0.2, 0.25) is 0 Å². The van der Waals surface area contributed by atoms with Crippen molar-refractivity contribution in [1.82, 2.24) is 9.97 Å². The smallest absolute Gasteiger partial charge is 0.263 e. The normalized spacial score (nSPS) is 13.0. The molecule has 2 N–H and O–H groups in total. The average Bonchev–Trinajstić information content (AvgIpc) is 2.81. The van der Waals surface area contributed by atoms with E-state index in [2.05, 4.69) is 20.0 Å². The number of nitrogens with one attached hydrogen (secondary N) is 2. The number of fused-ring (bicyclic) bond motifs is 2. The number of hydrogen-bond donors (Lipinski definition) is 2. The third-order valence-electron chi connectivity index (χ3n) is 5.27. The van der Waals surface area contributed by atoms with E-state index >= 15 is 0 Å². The minimum Gasteiger partial charge on any atom is -0.486 e. The number of nitrogens with zero attached hydrogens (tertiary/aromatic N) is 2. The summed E-state index contributed by atoms with van der Waals surface area (Å²) < 4.78 is 40.1. The van der Waals surface area contributed by atoms with Gasteiger partial charge in [0.2, 0.25) is 0 Å². The van der Waals surface area contributed by atoms with Gasteiger partial charge in [0.25, 0.3) is 10.0 Å². The van der Waals surface area contributed by atoms with E-state index < -0.39 is 10.0 Å². The van der Waals surface area contributed by atoms with Gasteiger partial charge in [-0.2, -0.15) is 0 Å². The Labute approximate surface area is 191 Å². The number of ether oxygens (including phenoxy) is 2. The van der Waals surface area contributed by atoms with Crippen LogP contribution in [-0.2, 0) is 10.0 Å². The first-order valence-electron chi connectivity index (χ1n) is 10.4. The van der Waals surface area contributed by atoms with Gasteiger partial charge in [0, 0.05) is 11.8 Å². The van der Waals surface area contributed by atoms with Crippen LogP contribution in [0.1, 0.15) is 11.1 Å². The fourth-order valence-electron chi connectivity index (χ4n) is 3.53. The maximum Gasteiger partial charge on any atom is 0.263 e. The third kappa shape index (κ3) is 4.27. The van der Waals surface area contributed by atoms with Crippen molar-refractivity contribution in [3.8, 4) is 11.5 Å². The number of rotatable bonds is 5. The standard InChI is InChI=1S/C24H22N4O4S/c1-15-7-8-16(2)20(13-15)27-23-24(26-19-6-4-3-5-18(19)25-23)28-33(29,30)17-9-10-21-22(14-17)32-12-11-31-21/h3-10,13-14H,11-12H2,1-2H3,(H,25,27)(H,26,28). The molecule has 1 aliphatic heterocycles. The second-order valence-electron chi connectivity index (χ2n) is 7.76. The van der Waals surface area contributed by atoms with E-state index in [0.29, 0.717) is 41.6 Å². The van der Waals surface area contributed by atoms with Gasteiger partial charge in [0.15, 0.2) is 23.1 Å². The highest BCUT2D eigenvalue weighted by atomic mass is 32.2. The Kier molecular flexibility index (Phi) is 5.26. The summed E-state index contributed by atoms with van der Waals surface area (Å²) in [5.41, 5.74) is 4.10. The van der Waals surface area contributed by atoms with E-state index in [-0.39, 0.29) is 10.7 Å². The Morgan fingerprint density at radius 3 is 2.27 bits per heavy atom. The molecule has 3 aromatic carbocycles. The van der Waals surface area contributed by atoms with E-state index in [4.69, 9.17) is 9.47 Å². The molecule has 5 rings (SSSR count). The van der Waals surface area contributed by atoms with E-state index in [1.165, 1.54) is 12.1 Å². The number of sulfonamides is 1. The predicted molar refractivity (Wildman–Crippen MR) is 127 cm³/mol. The molecule has 2 heterocycles. The molecular weight excluding hydrogens is 440 g/mol. The van der Waals surface area contributed by atoms with Crippen molar-refractivity contribution in [3.05, 3.63) is 71.8 Å². The lowest BCUT2D eigenvalue weighted by Crippen LogP contribution is -2.18. The fourth-order valence-corrected chi connectivity index (χ4v) is 4.56. The van der Waals surface area contributed by atoms with Crippen LogP contribution in [0.3, 0.4) is 0 Å². The number of para-hydroxylation sites is 2. The predicted octanol–water partition coefficient (Wildman–Crippen LogP) is 4.56. The zero-order chi connectivity index (χ0) is 23.0. The highest BCUT2D eigenvalue weighted by Gasteiger charge is 2.22. The molecule has 0 unspecified atom stereocenters. The fraction of sp³-hybridized carbons (Fsp3) is 0.167. The van der Waals surface area contributed by atoms with Crippen molar-refractivity contribution in [2.45, 2.75) is 18.7 Å². The van der Waals surface area contributed by atoms with Crippen molar-refractivity contribution < 1.29 is 17.9 Å². The molecule has 0 saturated carbocycles. The summed E-state index contributed by atoms with van der Waals surface area (Å²) in [7, 11) is -3.98. The zero-order valence-corrected chi connectivity index (χ0v) is 18.9. The van der Waals surface area contributed by atoms with Crippen LogP contribution >= 0.6 is 0 Å². The lowest BCUT2D eigenvalue weighted by Gasteiger charge is -2.19. The first kappa shape index (κ1) is 21.0. The van der Waals surface area contributed by atoms with Crippen LogP contribution in [0.15, 0.2) is 65.6 Å². The second kappa shape index (κ2) is 8.25. The van der Waals surface area contributed by atoms with Crippen LogP contribution in [-0.4, -0.2) is 31.6 Å². The van der Waals surface area contributed by atoms with Gasteiger partial charge in [-0.3, -0.25) is 4.72 Å². The Hall–Kier alpha value is -3.85. The molecule has 9 heteroatoms. The molecule has 0 aliphatic carbocycles. The molecule has 33 heavy (non-hydrogen) atoms. The minimum atomic E-state index is -3.98. The number of aromatic nitrogens is 2. The Morgan fingerprint density at radius 1 is 0.818 bits per heavy atom. The van der Waals surface area contributed by atoms with E-state index in [0.717, 1.165) is 16.8 Å². The topological polar surface area (TPSA) is 102 Å². The summed E-state index contributed by atoms with van der Waals surface area (Å²) in [6.07, 6.45) is 0. The van der Waals surface area contributed by atoms with Crippen molar-refractivity contribution >= 4 is 38.4 Å². The molecule has 0 atom stereocenters. The van der Waals surface area contributed by atoms with Crippen LogP contribution < -0.4 is 19.5 Å². The number of benzene rings is 3. The quantitative estimate of drug-likeness (QED) is 0.448. The molecule has 8 nitrogen and oxygen atoms in total.